The van der Waals surface area contributed by atoms with Crippen molar-refractivity contribution in [2.24, 2.45) is 4.99 Å². The van der Waals surface area contributed by atoms with Crippen LogP contribution in [0.5, 0.6) is 5.75 Å². The highest BCUT2D eigenvalue weighted by molar-refractivity contribution is 5.85. The minimum atomic E-state index is 0.449. The van der Waals surface area contributed by atoms with Gasteiger partial charge in [0, 0.05) is 23.4 Å². The van der Waals surface area contributed by atoms with Crippen molar-refractivity contribution in [1.82, 2.24) is 9.78 Å². The molecule has 0 saturated carbocycles. The van der Waals surface area contributed by atoms with Crippen LogP contribution in [0.4, 0.5) is 5.82 Å². The van der Waals surface area contributed by atoms with E-state index in [0.717, 1.165) is 34.1 Å². The molecule has 0 aliphatic carbocycles. The van der Waals surface area contributed by atoms with E-state index in [-0.39, 0.29) is 0 Å². The average Bonchev–Trinajstić information content (AvgIpc) is 3.22. The lowest BCUT2D eigenvalue weighted by Gasteiger charge is -2.06. The van der Waals surface area contributed by atoms with Gasteiger partial charge in [0.1, 0.15) is 12.4 Å². The Labute approximate surface area is 170 Å². The average molecular weight is 379 g/mol. The molecule has 4 rings (SSSR count). The van der Waals surface area contributed by atoms with Gasteiger partial charge in [-0.25, -0.2) is 9.67 Å². The first-order valence-electron chi connectivity index (χ1n) is 9.43. The van der Waals surface area contributed by atoms with Crippen LogP contribution in [-0.4, -0.2) is 22.6 Å². The topological polar surface area (TPSA) is 39.4 Å². The van der Waals surface area contributed by atoms with E-state index in [2.05, 4.69) is 6.58 Å². The Balaban J connectivity index is 1.74. The maximum atomic E-state index is 5.73. The largest absolute Gasteiger partial charge is 0.489 e. The summed E-state index contributed by atoms with van der Waals surface area (Å²) in [6.07, 6.45) is 3.54. The van der Waals surface area contributed by atoms with Crippen LogP contribution in [0.2, 0.25) is 0 Å². The smallest absolute Gasteiger partial charge is 0.156 e. The van der Waals surface area contributed by atoms with Crippen LogP contribution < -0.4 is 4.74 Å². The van der Waals surface area contributed by atoms with E-state index in [1.807, 2.05) is 102 Å². The molecular formula is C25H21N3O. The molecule has 3 aromatic carbocycles. The van der Waals surface area contributed by atoms with Crippen LogP contribution in [0.25, 0.3) is 16.9 Å². The molecule has 0 radical (unpaired) electrons. The SMILES string of the molecule is C=CCOc1ccccc1/C=N/c1cc(-c2ccccc2)nn1-c1ccccc1. The first-order valence-corrected chi connectivity index (χ1v) is 9.43. The van der Waals surface area contributed by atoms with Crippen LogP contribution in [-0.2, 0) is 0 Å². The molecule has 4 heteroatoms. The predicted octanol–water partition coefficient (Wildman–Crippen LogP) is 5.85. The molecule has 0 fully saturated rings. The molecule has 29 heavy (non-hydrogen) atoms. The maximum absolute atomic E-state index is 5.73. The van der Waals surface area contributed by atoms with Crippen molar-refractivity contribution in [2.75, 3.05) is 6.61 Å². The Bertz CT molecular complexity index is 1120. The van der Waals surface area contributed by atoms with Gasteiger partial charge < -0.3 is 4.74 Å². The second-order valence-corrected chi connectivity index (χ2v) is 6.40. The normalized spacial score (nSPS) is 10.9. The number of rotatable bonds is 7. The molecule has 0 aliphatic heterocycles. The van der Waals surface area contributed by atoms with Gasteiger partial charge in [-0.2, -0.15) is 5.10 Å². The highest BCUT2D eigenvalue weighted by atomic mass is 16.5. The lowest BCUT2D eigenvalue weighted by Crippen LogP contribution is -1.98. The van der Waals surface area contributed by atoms with Crippen molar-refractivity contribution in [3.05, 3.63) is 109 Å². The van der Waals surface area contributed by atoms with E-state index >= 15 is 0 Å². The number of para-hydroxylation sites is 2. The second-order valence-electron chi connectivity index (χ2n) is 6.40. The van der Waals surface area contributed by atoms with Crippen LogP contribution in [0.15, 0.2) is 109 Å². The van der Waals surface area contributed by atoms with E-state index in [9.17, 15) is 0 Å². The van der Waals surface area contributed by atoms with Gasteiger partial charge in [-0.1, -0.05) is 73.3 Å². The fourth-order valence-electron chi connectivity index (χ4n) is 2.98. The third kappa shape index (κ3) is 4.33. The van der Waals surface area contributed by atoms with Gasteiger partial charge in [-0.3, -0.25) is 0 Å². The van der Waals surface area contributed by atoms with Crippen molar-refractivity contribution in [3.63, 3.8) is 0 Å². The minimum Gasteiger partial charge on any atom is -0.489 e. The van der Waals surface area contributed by atoms with Crippen molar-refractivity contribution >= 4 is 12.0 Å². The molecular weight excluding hydrogens is 358 g/mol. The zero-order valence-electron chi connectivity index (χ0n) is 16.0. The summed E-state index contributed by atoms with van der Waals surface area (Å²) in [5.74, 6) is 1.51. The number of benzene rings is 3. The summed E-state index contributed by atoms with van der Waals surface area (Å²) in [5.41, 5.74) is 3.78. The Morgan fingerprint density at radius 2 is 1.59 bits per heavy atom. The Kier molecular flexibility index (Phi) is 5.63. The lowest BCUT2D eigenvalue weighted by molar-refractivity contribution is 0.363. The monoisotopic (exact) mass is 379 g/mol. The van der Waals surface area contributed by atoms with Gasteiger partial charge in [0.15, 0.2) is 5.82 Å². The van der Waals surface area contributed by atoms with Gasteiger partial charge in [0.25, 0.3) is 0 Å². The minimum absolute atomic E-state index is 0.449. The van der Waals surface area contributed by atoms with Crippen molar-refractivity contribution in [3.8, 4) is 22.7 Å². The second kappa shape index (κ2) is 8.85. The van der Waals surface area contributed by atoms with Gasteiger partial charge >= 0.3 is 0 Å². The Hall–Kier alpha value is -3.92. The quantitative estimate of drug-likeness (QED) is 0.298. The van der Waals surface area contributed by atoms with Gasteiger partial charge in [0.2, 0.25) is 0 Å². The molecule has 1 heterocycles. The molecule has 4 aromatic rings. The number of hydrogen-bond donors (Lipinski definition) is 0. The van der Waals surface area contributed by atoms with Gasteiger partial charge in [-0.15, -0.1) is 0 Å². The van der Waals surface area contributed by atoms with Crippen molar-refractivity contribution in [1.29, 1.82) is 0 Å². The van der Waals surface area contributed by atoms with E-state index in [4.69, 9.17) is 14.8 Å². The number of hydrogen-bond acceptors (Lipinski definition) is 3. The van der Waals surface area contributed by atoms with Crippen LogP contribution >= 0.6 is 0 Å². The fourth-order valence-corrected chi connectivity index (χ4v) is 2.98. The molecule has 4 nitrogen and oxygen atoms in total. The first-order chi connectivity index (χ1) is 14.3. The van der Waals surface area contributed by atoms with Gasteiger partial charge in [0.05, 0.1) is 11.4 Å². The molecule has 0 amide bonds. The summed E-state index contributed by atoms with van der Waals surface area (Å²) in [6.45, 7) is 4.15. The lowest BCUT2D eigenvalue weighted by atomic mass is 10.1. The molecule has 0 bridgehead atoms. The molecule has 0 spiro atoms. The zero-order chi connectivity index (χ0) is 19.9. The summed E-state index contributed by atoms with van der Waals surface area (Å²) in [5, 5.41) is 4.79. The number of ether oxygens (including phenoxy) is 1. The predicted molar refractivity (Wildman–Crippen MR) is 118 cm³/mol. The third-order valence-corrected chi connectivity index (χ3v) is 4.37. The highest BCUT2D eigenvalue weighted by Gasteiger charge is 2.10. The fraction of sp³-hybridized carbons (Fsp3) is 0.0400. The van der Waals surface area contributed by atoms with E-state index in [1.54, 1.807) is 6.08 Å². The number of aromatic nitrogens is 2. The third-order valence-electron chi connectivity index (χ3n) is 4.37. The standard InChI is InChI=1S/C25H21N3O/c1-2-17-29-24-16-10-9-13-21(24)19-26-25-18-23(20-11-5-3-6-12-20)27-28(25)22-14-7-4-8-15-22/h2-16,18-19H,1,17H2/b26-19+. The molecule has 0 N–H and O–H groups in total. The van der Waals surface area contributed by atoms with E-state index in [0.29, 0.717) is 6.61 Å². The van der Waals surface area contributed by atoms with Crippen molar-refractivity contribution in [2.45, 2.75) is 0 Å². The molecule has 1 aromatic heterocycles. The maximum Gasteiger partial charge on any atom is 0.156 e. The van der Waals surface area contributed by atoms with Crippen LogP contribution in [0, 0.1) is 0 Å². The Morgan fingerprint density at radius 1 is 0.897 bits per heavy atom. The molecule has 0 aliphatic rings. The number of nitrogens with zero attached hydrogens (tertiary/aromatic N) is 3. The summed E-state index contributed by atoms with van der Waals surface area (Å²) in [4.78, 5) is 4.74. The summed E-state index contributed by atoms with van der Waals surface area (Å²) in [6, 6.07) is 29.9. The molecule has 0 unspecified atom stereocenters. The molecule has 142 valence electrons. The number of aliphatic imine (C=N–C) groups is 1. The van der Waals surface area contributed by atoms with E-state index < -0.39 is 0 Å². The first kappa shape index (κ1) is 18.4. The van der Waals surface area contributed by atoms with Gasteiger partial charge in [-0.05, 0) is 24.3 Å². The summed E-state index contributed by atoms with van der Waals surface area (Å²) >= 11 is 0. The summed E-state index contributed by atoms with van der Waals surface area (Å²) in [7, 11) is 0. The zero-order valence-corrected chi connectivity index (χ0v) is 16.0. The van der Waals surface area contributed by atoms with Crippen LogP contribution in [0.1, 0.15) is 5.56 Å². The molecule has 0 saturated heterocycles. The van der Waals surface area contributed by atoms with Crippen LogP contribution in [0.3, 0.4) is 0 Å². The van der Waals surface area contributed by atoms with Crippen molar-refractivity contribution < 1.29 is 4.74 Å². The summed E-state index contributed by atoms with van der Waals surface area (Å²) < 4.78 is 7.59. The highest BCUT2D eigenvalue weighted by Crippen LogP contribution is 2.27. The Morgan fingerprint density at radius 3 is 2.34 bits per heavy atom. The van der Waals surface area contributed by atoms with E-state index in [1.165, 1.54) is 0 Å². The molecule has 0 atom stereocenters.